The fourth-order valence-corrected chi connectivity index (χ4v) is 4.69. The molecule has 192 valence electrons. The maximum atomic E-state index is 13.9. The van der Waals surface area contributed by atoms with Crippen LogP contribution in [0.4, 0.5) is 4.39 Å². The Bertz CT molecular complexity index is 1180. The zero-order chi connectivity index (χ0) is 25.9. The number of aliphatic hydroxyl groups excluding tert-OH is 1. The average Bonchev–Trinajstić information content (AvgIpc) is 3.46. The van der Waals surface area contributed by atoms with E-state index in [0.717, 1.165) is 36.1 Å². The van der Waals surface area contributed by atoms with Gasteiger partial charge in [-0.3, -0.25) is 19.9 Å². The molecule has 2 aliphatic rings. The number of amides is 1. The van der Waals surface area contributed by atoms with Crippen LogP contribution in [0.15, 0.2) is 58.7 Å². The minimum atomic E-state index is -0.449. The lowest BCUT2D eigenvalue weighted by Gasteiger charge is -2.34. The van der Waals surface area contributed by atoms with E-state index in [0.29, 0.717) is 17.8 Å². The van der Waals surface area contributed by atoms with Gasteiger partial charge < -0.3 is 15.7 Å². The smallest absolute Gasteiger partial charge is 0.256 e. The SMILES string of the molecule is CC1=CC(C(=O)N(CCO)C2(Cn3cc(-c4ccc(F)cn4)cn3)CC2)=C(N/N=C\C(C)N)C(C)C1. The van der Waals surface area contributed by atoms with Crippen molar-refractivity contribution in [3.63, 3.8) is 0 Å². The molecule has 0 saturated heterocycles. The molecule has 1 fully saturated rings. The zero-order valence-electron chi connectivity index (χ0n) is 21.0. The number of carbonyl (C=O) groups excluding carboxylic acids is 1. The van der Waals surface area contributed by atoms with Gasteiger partial charge in [0, 0.05) is 42.2 Å². The number of hydrazone groups is 1. The highest BCUT2D eigenvalue weighted by Gasteiger charge is 2.51. The number of hydrogen-bond donors (Lipinski definition) is 3. The number of pyridine rings is 1. The van der Waals surface area contributed by atoms with Crippen LogP contribution < -0.4 is 11.2 Å². The van der Waals surface area contributed by atoms with E-state index in [1.807, 2.05) is 26.1 Å². The van der Waals surface area contributed by atoms with Crippen LogP contribution in [0, 0.1) is 11.7 Å². The summed E-state index contributed by atoms with van der Waals surface area (Å²) in [5.74, 6) is -0.449. The Hall–Kier alpha value is -3.37. The second-order valence-electron chi connectivity index (χ2n) is 9.87. The first-order valence-electron chi connectivity index (χ1n) is 12.3. The van der Waals surface area contributed by atoms with Crippen LogP contribution in [-0.2, 0) is 11.3 Å². The summed E-state index contributed by atoms with van der Waals surface area (Å²) >= 11 is 0. The maximum absolute atomic E-state index is 13.9. The largest absolute Gasteiger partial charge is 0.395 e. The van der Waals surface area contributed by atoms with Gasteiger partial charge >= 0.3 is 0 Å². The van der Waals surface area contributed by atoms with E-state index in [4.69, 9.17) is 5.73 Å². The molecule has 10 heteroatoms. The van der Waals surface area contributed by atoms with Crippen molar-refractivity contribution >= 4 is 12.1 Å². The number of nitrogens with one attached hydrogen (secondary N) is 1. The van der Waals surface area contributed by atoms with Crippen LogP contribution in [0.1, 0.15) is 40.0 Å². The summed E-state index contributed by atoms with van der Waals surface area (Å²) in [6, 6.07) is 2.76. The van der Waals surface area contributed by atoms with E-state index < -0.39 is 11.4 Å². The molecule has 2 aliphatic carbocycles. The predicted molar refractivity (Wildman–Crippen MR) is 136 cm³/mol. The van der Waals surface area contributed by atoms with Gasteiger partial charge in [0.25, 0.3) is 5.91 Å². The molecular weight excluding hydrogens is 461 g/mol. The first-order valence-corrected chi connectivity index (χ1v) is 12.3. The Morgan fingerprint density at radius 1 is 1.44 bits per heavy atom. The Labute approximate surface area is 210 Å². The van der Waals surface area contributed by atoms with Crippen LogP contribution in [0.5, 0.6) is 0 Å². The summed E-state index contributed by atoms with van der Waals surface area (Å²) in [4.78, 5) is 19.8. The van der Waals surface area contributed by atoms with Crippen molar-refractivity contribution in [2.75, 3.05) is 13.2 Å². The predicted octanol–water partition coefficient (Wildman–Crippen LogP) is 2.60. The first-order chi connectivity index (χ1) is 17.2. The third kappa shape index (κ3) is 5.71. The van der Waals surface area contributed by atoms with Crippen molar-refractivity contribution < 1.29 is 14.3 Å². The van der Waals surface area contributed by atoms with Crippen LogP contribution in [0.25, 0.3) is 11.3 Å². The number of carbonyl (C=O) groups is 1. The molecule has 2 atom stereocenters. The monoisotopic (exact) mass is 495 g/mol. The summed E-state index contributed by atoms with van der Waals surface area (Å²) in [5.41, 5.74) is 12.2. The van der Waals surface area contributed by atoms with Crippen molar-refractivity contribution in [1.29, 1.82) is 0 Å². The maximum Gasteiger partial charge on any atom is 0.256 e. The van der Waals surface area contributed by atoms with Gasteiger partial charge in [0.1, 0.15) is 5.82 Å². The minimum absolute atomic E-state index is 0.0854. The number of aliphatic hydroxyl groups is 1. The van der Waals surface area contributed by atoms with Gasteiger partial charge in [-0.1, -0.05) is 12.5 Å². The lowest BCUT2D eigenvalue weighted by molar-refractivity contribution is -0.131. The molecule has 9 nitrogen and oxygen atoms in total. The number of rotatable bonds is 10. The molecule has 1 saturated carbocycles. The highest BCUT2D eigenvalue weighted by Crippen LogP contribution is 2.44. The number of β-amino-alcohol motifs (C(OH)–C–C–N with tert-alkyl or cyclic N) is 1. The Balaban J connectivity index is 1.60. The van der Waals surface area contributed by atoms with E-state index in [1.165, 1.54) is 12.3 Å². The number of halogens is 1. The van der Waals surface area contributed by atoms with E-state index >= 15 is 0 Å². The van der Waals surface area contributed by atoms with E-state index in [2.05, 4.69) is 27.5 Å². The van der Waals surface area contributed by atoms with Crippen LogP contribution in [-0.4, -0.2) is 61.6 Å². The second kappa shape index (κ2) is 10.7. The van der Waals surface area contributed by atoms with Crippen LogP contribution >= 0.6 is 0 Å². The summed E-state index contributed by atoms with van der Waals surface area (Å²) in [7, 11) is 0. The molecule has 0 radical (unpaired) electrons. The van der Waals surface area contributed by atoms with Crippen LogP contribution in [0.2, 0.25) is 0 Å². The van der Waals surface area contributed by atoms with E-state index in [9.17, 15) is 14.3 Å². The molecule has 2 aromatic rings. The second-order valence-corrected chi connectivity index (χ2v) is 9.87. The number of allylic oxidation sites excluding steroid dienone is 2. The molecule has 36 heavy (non-hydrogen) atoms. The van der Waals surface area contributed by atoms with Gasteiger partial charge in [-0.05, 0) is 51.3 Å². The van der Waals surface area contributed by atoms with Gasteiger partial charge in [-0.15, -0.1) is 0 Å². The van der Waals surface area contributed by atoms with Crippen LogP contribution in [0.3, 0.4) is 0 Å². The van der Waals surface area contributed by atoms with E-state index in [-0.39, 0.29) is 31.0 Å². The van der Waals surface area contributed by atoms with Gasteiger partial charge in [0.15, 0.2) is 0 Å². The first kappa shape index (κ1) is 25.7. The average molecular weight is 496 g/mol. The van der Waals surface area contributed by atoms with Gasteiger partial charge in [0.2, 0.25) is 0 Å². The van der Waals surface area contributed by atoms with E-state index in [1.54, 1.807) is 28.1 Å². The van der Waals surface area contributed by atoms with Crippen molar-refractivity contribution in [2.24, 2.45) is 16.8 Å². The van der Waals surface area contributed by atoms with Gasteiger partial charge in [0.05, 0.1) is 42.4 Å². The number of nitrogens with two attached hydrogens (primary N) is 1. The van der Waals surface area contributed by atoms with Gasteiger partial charge in [-0.25, -0.2) is 4.39 Å². The lowest BCUT2D eigenvalue weighted by Crippen LogP contribution is -2.47. The zero-order valence-corrected chi connectivity index (χ0v) is 21.0. The molecule has 1 amide bonds. The highest BCUT2D eigenvalue weighted by molar-refractivity contribution is 5.98. The number of hydrogen-bond acceptors (Lipinski definition) is 7. The summed E-state index contributed by atoms with van der Waals surface area (Å²) in [5, 5.41) is 18.6. The van der Waals surface area contributed by atoms with Crippen molar-refractivity contribution in [3.05, 3.63) is 59.5 Å². The topological polar surface area (TPSA) is 122 Å². The minimum Gasteiger partial charge on any atom is -0.395 e. The summed E-state index contributed by atoms with van der Waals surface area (Å²) < 4.78 is 15.0. The molecule has 0 aromatic carbocycles. The lowest BCUT2D eigenvalue weighted by atomic mass is 9.88. The normalized spacial score (nSPS) is 19.8. The Kier molecular flexibility index (Phi) is 7.65. The van der Waals surface area contributed by atoms with Crippen molar-refractivity contribution in [2.45, 2.75) is 58.2 Å². The molecular formula is C26H34FN7O2. The molecule has 0 aliphatic heterocycles. The molecule has 2 heterocycles. The summed E-state index contributed by atoms with van der Waals surface area (Å²) in [6.07, 6.45) is 10.7. The fraction of sp³-hybridized carbons (Fsp3) is 0.462. The standard InChI is InChI=1S/C26H34FN7O2/c1-17-10-18(2)24(32-30-12-19(3)28)22(11-17)25(36)34(8-9-35)26(6-7-26)16-33-15-20(13-31-33)23-5-4-21(27)14-29-23/h4-5,11-15,18-19,32,35H,6-10,16,28H2,1-3H3/b30-12-. The third-order valence-corrected chi connectivity index (χ3v) is 6.61. The number of nitrogens with zero attached hydrogens (tertiary/aromatic N) is 5. The fourth-order valence-electron chi connectivity index (χ4n) is 4.69. The molecule has 2 unspecified atom stereocenters. The Morgan fingerprint density at radius 3 is 2.86 bits per heavy atom. The van der Waals surface area contributed by atoms with Gasteiger partial charge in [-0.2, -0.15) is 10.2 Å². The molecule has 2 aromatic heterocycles. The molecule has 4 N–H and O–H groups in total. The third-order valence-electron chi connectivity index (χ3n) is 6.61. The molecule has 0 bridgehead atoms. The van der Waals surface area contributed by atoms with Crippen molar-refractivity contribution in [1.82, 2.24) is 25.1 Å². The quantitative estimate of drug-likeness (QED) is 0.344. The van der Waals surface area contributed by atoms with Crippen molar-refractivity contribution in [3.8, 4) is 11.3 Å². The number of aromatic nitrogens is 3. The summed E-state index contributed by atoms with van der Waals surface area (Å²) in [6.45, 7) is 6.46. The molecule has 0 spiro atoms. The molecule has 4 rings (SSSR count). The highest BCUT2D eigenvalue weighted by atomic mass is 19.1. The Morgan fingerprint density at radius 2 is 2.22 bits per heavy atom.